The van der Waals surface area contributed by atoms with E-state index in [9.17, 15) is 32.0 Å². The van der Waals surface area contributed by atoms with Crippen molar-refractivity contribution >= 4 is 60.9 Å². The number of sulfone groups is 1. The van der Waals surface area contributed by atoms with Gasteiger partial charge in [0.05, 0.1) is 32.3 Å². The molecule has 1 saturated heterocycles. The maximum Gasteiger partial charge on any atom is 0.289 e. The van der Waals surface area contributed by atoms with Crippen LogP contribution in [0.5, 0.6) is 0 Å². The maximum absolute atomic E-state index is 15.0. The summed E-state index contributed by atoms with van der Waals surface area (Å²) in [5.74, 6) is -3.74. The molecule has 2 heterocycles. The Hall–Kier alpha value is -2.90. The van der Waals surface area contributed by atoms with Crippen LogP contribution in [-0.2, 0) is 34.4 Å². The van der Waals surface area contributed by atoms with Crippen LogP contribution in [0.15, 0.2) is 45.9 Å². The molecule has 14 heteroatoms. The topological polar surface area (TPSA) is 143 Å². The van der Waals surface area contributed by atoms with E-state index in [1.165, 1.54) is 30.5 Å². The average Bonchev–Trinajstić information content (AvgIpc) is 3.88. The number of Topliss-reactive ketones (excluding diaryl/α,β-unsaturated/α-hetero) is 1. The number of hydrogen-bond acceptors (Lipinski definition) is 7. The summed E-state index contributed by atoms with van der Waals surface area (Å²) in [5.41, 5.74) is -1.43. The monoisotopic (exact) mass is 682 g/mol. The largest absolute Gasteiger partial charge is 0.347 e. The molecule has 0 spiro atoms. The lowest BCUT2D eigenvalue weighted by molar-refractivity contribution is -0.143. The van der Waals surface area contributed by atoms with Gasteiger partial charge in [0.25, 0.3) is 5.91 Å². The molecule has 10 nitrogen and oxygen atoms in total. The lowest BCUT2D eigenvalue weighted by Crippen LogP contribution is -2.54. The summed E-state index contributed by atoms with van der Waals surface area (Å²) in [4.78, 5) is 58.0. The van der Waals surface area contributed by atoms with Crippen LogP contribution in [-0.4, -0.2) is 71.7 Å². The Kier molecular flexibility index (Phi) is 8.47. The summed E-state index contributed by atoms with van der Waals surface area (Å²) in [6.07, 6.45) is 3.27. The van der Waals surface area contributed by atoms with E-state index in [1.807, 2.05) is 0 Å². The van der Waals surface area contributed by atoms with Gasteiger partial charge in [0, 0.05) is 23.3 Å². The van der Waals surface area contributed by atoms with E-state index in [1.54, 1.807) is 13.0 Å². The fraction of sp³-hybridized carbons (Fsp3) is 0.464. The van der Waals surface area contributed by atoms with Crippen molar-refractivity contribution < 1.29 is 32.0 Å². The first kappa shape index (κ1) is 30.6. The lowest BCUT2D eigenvalue weighted by atomic mass is 9.98. The second kappa shape index (κ2) is 11.6. The molecule has 2 aromatic rings. The molecule has 1 aromatic carbocycles. The molecule has 2 aliphatic carbocycles. The molecule has 0 bridgehead atoms. The molecule has 3 fully saturated rings. The van der Waals surface area contributed by atoms with E-state index in [4.69, 9.17) is 11.6 Å². The van der Waals surface area contributed by atoms with Gasteiger partial charge in [0.1, 0.15) is 11.9 Å². The zero-order valence-corrected chi connectivity index (χ0v) is 25.8. The normalized spacial score (nSPS) is 21.9. The predicted molar refractivity (Wildman–Crippen MR) is 154 cm³/mol. The van der Waals surface area contributed by atoms with Crippen LogP contribution in [0.4, 0.5) is 4.39 Å². The lowest BCUT2D eigenvalue weighted by Gasteiger charge is -2.29. The van der Waals surface area contributed by atoms with E-state index in [0.717, 1.165) is 17.7 Å². The molecular weight excluding hydrogens is 655 g/mol. The smallest absolute Gasteiger partial charge is 0.289 e. The van der Waals surface area contributed by atoms with Gasteiger partial charge in [0.15, 0.2) is 9.84 Å². The summed E-state index contributed by atoms with van der Waals surface area (Å²) >= 11 is 9.36. The minimum atomic E-state index is -4.11. The summed E-state index contributed by atoms with van der Waals surface area (Å²) in [6.45, 7) is 1.27. The molecule has 2 N–H and O–H groups in total. The number of hydrogen-bond donors (Lipinski definition) is 2. The standard InChI is InChI=1S/C28H29BrClFN4O6S/c1-2-20(23(36)26(38)33-16-7-8-16)34-25(37)21-12-17(42(40,41)22-6-4-3-5-18(22)30)14-35(21)27(39)28(9-10-28)24-19(31)11-15(29)13-32-24/h3-6,11,13,16-17,20-21H,2,7-10,12,14H2,1H3,(H,33,38)(H,34,37)/t17-,20?,21+/m1/s1. The van der Waals surface area contributed by atoms with E-state index in [0.29, 0.717) is 4.47 Å². The Bertz CT molecular complexity index is 1570. The van der Waals surface area contributed by atoms with Gasteiger partial charge in [-0.2, -0.15) is 0 Å². The second-order valence-electron chi connectivity index (χ2n) is 11.0. The van der Waals surface area contributed by atoms with Crippen LogP contribution in [0.1, 0.15) is 51.1 Å². The van der Waals surface area contributed by atoms with Crippen molar-refractivity contribution in [3.63, 3.8) is 0 Å². The highest BCUT2D eigenvalue weighted by Gasteiger charge is 2.59. The van der Waals surface area contributed by atoms with Crippen molar-refractivity contribution in [2.45, 2.75) is 79.1 Å². The Balaban J connectivity index is 1.45. The molecule has 3 amide bonds. The van der Waals surface area contributed by atoms with Gasteiger partial charge >= 0.3 is 0 Å². The van der Waals surface area contributed by atoms with Gasteiger partial charge < -0.3 is 15.5 Å². The van der Waals surface area contributed by atoms with Crippen LogP contribution in [0, 0.1) is 5.82 Å². The maximum atomic E-state index is 15.0. The van der Waals surface area contributed by atoms with Crippen molar-refractivity contribution in [2.75, 3.05) is 6.54 Å². The van der Waals surface area contributed by atoms with Crippen molar-refractivity contribution in [1.29, 1.82) is 0 Å². The summed E-state index contributed by atoms with van der Waals surface area (Å²) in [5, 5.41) is 3.96. The van der Waals surface area contributed by atoms with Crippen LogP contribution < -0.4 is 10.6 Å². The number of likely N-dealkylation sites (tertiary alicyclic amines) is 1. The van der Waals surface area contributed by atoms with Crippen LogP contribution in [0.2, 0.25) is 5.02 Å². The number of pyridine rings is 1. The zero-order valence-electron chi connectivity index (χ0n) is 22.6. The first-order valence-corrected chi connectivity index (χ1v) is 16.4. The highest BCUT2D eigenvalue weighted by Crippen LogP contribution is 2.51. The number of halogens is 3. The molecule has 3 aliphatic rings. The van der Waals surface area contributed by atoms with Crippen LogP contribution in [0.3, 0.4) is 0 Å². The Morgan fingerprint density at radius 2 is 1.90 bits per heavy atom. The van der Waals surface area contributed by atoms with E-state index >= 15 is 0 Å². The number of benzene rings is 1. The van der Waals surface area contributed by atoms with Crippen LogP contribution in [0.25, 0.3) is 0 Å². The molecule has 1 aliphatic heterocycles. The predicted octanol–water partition coefficient (Wildman–Crippen LogP) is 2.85. The number of nitrogens with one attached hydrogen (secondary N) is 2. The van der Waals surface area contributed by atoms with Gasteiger partial charge in [0.2, 0.25) is 17.6 Å². The van der Waals surface area contributed by atoms with E-state index in [-0.39, 0.29) is 53.9 Å². The first-order valence-electron chi connectivity index (χ1n) is 13.6. The van der Waals surface area contributed by atoms with Crippen molar-refractivity contribution in [3.05, 3.63) is 57.5 Å². The fourth-order valence-corrected chi connectivity index (χ4v) is 7.85. The quantitative estimate of drug-likeness (QED) is 0.367. The molecule has 42 heavy (non-hydrogen) atoms. The third kappa shape index (κ3) is 5.83. The van der Waals surface area contributed by atoms with Gasteiger partial charge in [-0.25, -0.2) is 12.8 Å². The van der Waals surface area contributed by atoms with Gasteiger partial charge in [-0.3, -0.25) is 24.2 Å². The molecule has 224 valence electrons. The minimum Gasteiger partial charge on any atom is -0.347 e. The van der Waals surface area contributed by atoms with Crippen molar-refractivity contribution in [2.24, 2.45) is 0 Å². The molecule has 1 aromatic heterocycles. The fourth-order valence-electron chi connectivity index (χ4n) is 5.33. The molecule has 3 atom stereocenters. The summed E-state index contributed by atoms with van der Waals surface area (Å²) in [6, 6.07) is 4.55. The number of amides is 3. The average molecular weight is 684 g/mol. The number of ketones is 1. The van der Waals surface area contributed by atoms with Gasteiger partial charge in [-0.1, -0.05) is 30.7 Å². The zero-order chi connectivity index (χ0) is 30.4. The Morgan fingerprint density at radius 1 is 1.21 bits per heavy atom. The second-order valence-corrected chi connectivity index (χ2v) is 14.5. The first-order chi connectivity index (χ1) is 19.9. The number of rotatable bonds is 10. The van der Waals surface area contributed by atoms with Crippen LogP contribution >= 0.6 is 27.5 Å². The van der Waals surface area contributed by atoms with Gasteiger partial charge in [-0.15, -0.1) is 0 Å². The molecule has 1 unspecified atom stereocenters. The Morgan fingerprint density at radius 3 is 2.50 bits per heavy atom. The third-order valence-electron chi connectivity index (χ3n) is 8.01. The summed E-state index contributed by atoms with van der Waals surface area (Å²) in [7, 11) is -4.11. The number of aromatic nitrogens is 1. The van der Waals surface area contributed by atoms with Gasteiger partial charge in [-0.05, 0) is 72.7 Å². The highest BCUT2D eigenvalue weighted by atomic mass is 79.9. The third-order valence-corrected chi connectivity index (χ3v) is 11.1. The molecule has 2 saturated carbocycles. The number of carbonyl (C=O) groups is 4. The van der Waals surface area contributed by atoms with E-state index < -0.39 is 61.9 Å². The van der Waals surface area contributed by atoms with Crippen molar-refractivity contribution in [3.8, 4) is 0 Å². The SMILES string of the molecule is CCC(NC(=O)[C@@H]1C[C@@H](S(=O)(=O)c2ccccc2Cl)CN1C(=O)C1(c2ncc(Br)cc2F)CC1)C(=O)C(=O)NC1CC1. The highest BCUT2D eigenvalue weighted by molar-refractivity contribution is 9.10. The van der Waals surface area contributed by atoms with Crippen molar-refractivity contribution in [1.82, 2.24) is 20.5 Å². The molecule has 0 radical (unpaired) electrons. The number of nitrogens with zero attached hydrogens (tertiary/aromatic N) is 2. The summed E-state index contributed by atoms with van der Waals surface area (Å²) < 4.78 is 42.7. The molecule has 5 rings (SSSR count). The Labute approximate surface area is 255 Å². The van der Waals surface area contributed by atoms with E-state index in [2.05, 4.69) is 31.5 Å². The number of carbonyl (C=O) groups excluding carboxylic acids is 4. The molecular formula is C28H29BrClFN4O6S. The minimum absolute atomic E-state index is 0.00129.